The third-order valence-electron chi connectivity index (χ3n) is 6.51. The maximum atomic E-state index is 12.4. The number of benzene rings is 1. The summed E-state index contributed by atoms with van der Waals surface area (Å²) < 4.78 is 5.91. The Kier molecular flexibility index (Phi) is 8.06. The molecule has 4 aromatic rings. The third-order valence-corrected chi connectivity index (χ3v) is 8.61. The Hall–Kier alpha value is -3.60. The predicted octanol–water partition coefficient (Wildman–Crippen LogP) is 5.75. The number of aromatic nitrogens is 2. The van der Waals surface area contributed by atoms with Crippen LogP contribution in [0.5, 0.6) is 5.75 Å². The van der Waals surface area contributed by atoms with Crippen molar-refractivity contribution >= 4 is 50.5 Å². The fourth-order valence-electron chi connectivity index (χ4n) is 4.29. The van der Waals surface area contributed by atoms with Gasteiger partial charge in [0, 0.05) is 17.0 Å². The summed E-state index contributed by atoms with van der Waals surface area (Å²) in [6.07, 6.45) is 1.15. The number of nitrogens with zero attached hydrogens (tertiary/aromatic N) is 2. The molecule has 8 nitrogen and oxygen atoms in total. The molecule has 2 amide bonds. The normalized spacial score (nSPS) is 13.6. The van der Waals surface area contributed by atoms with Crippen molar-refractivity contribution in [1.82, 2.24) is 20.6 Å². The van der Waals surface area contributed by atoms with Crippen LogP contribution in [0.1, 0.15) is 32.8 Å². The van der Waals surface area contributed by atoms with E-state index in [1.807, 2.05) is 36.6 Å². The first kappa shape index (κ1) is 27.0. The van der Waals surface area contributed by atoms with Crippen LogP contribution in [0.4, 0.5) is 5.82 Å². The molecule has 0 atom stereocenters. The quantitative estimate of drug-likeness (QED) is 0.158. The van der Waals surface area contributed by atoms with Crippen LogP contribution in [0.3, 0.4) is 0 Å². The number of amides is 2. The average Bonchev–Trinajstić information content (AvgIpc) is 3.62. The van der Waals surface area contributed by atoms with Gasteiger partial charge in [-0.1, -0.05) is 19.9 Å². The molecule has 1 aliphatic heterocycles. The molecule has 3 aromatic heterocycles. The summed E-state index contributed by atoms with van der Waals surface area (Å²) in [6.45, 7) is 10.5. The van der Waals surface area contributed by atoms with Crippen LogP contribution >= 0.6 is 22.7 Å². The van der Waals surface area contributed by atoms with E-state index in [1.165, 1.54) is 0 Å². The summed E-state index contributed by atoms with van der Waals surface area (Å²) in [6, 6.07) is 12.0. The van der Waals surface area contributed by atoms with Gasteiger partial charge >= 0.3 is 0 Å². The molecule has 0 spiro atoms. The van der Waals surface area contributed by atoms with Crippen LogP contribution in [0.2, 0.25) is 0 Å². The molecular formula is C29H31N5O3S2. The number of fused-ring (bicyclic) bond motifs is 1. The minimum absolute atomic E-state index is 0.212. The van der Waals surface area contributed by atoms with E-state index in [-0.39, 0.29) is 5.70 Å². The van der Waals surface area contributed by atoms with E-state index in [4.69, 9.17) is 14.7 Å². The van der Waals surface area contributed by atoms with Crippen LogP contribution in [0.25, 0.3) is 31.4 Å². The van der Waals surface area contributed by atoms with Crippen LogP contribution in [-0.4, -0.2) is 41.5 Å². The Morgan fingerprint density at radius 2 is 1.82 bits per heavy atom. The van der Waals surface area contributed by atoms with Crippen molar-refractivity contribution in [3.63, 3.8) is 0 Å². The zero-order valence-electron chi connectivity index (χ0n) is 22.4. The lowest BCUT2D eigenvalue weighted by molar-refractivity contribution is -0.124. The van der Waals surface area contributed by atoms with Gasteiger partial charge in [-0.15, -0.1) is 22.7 Å². The number of rotatable bonds is 11. The van der Waals surface area contributed by atoms with Crippen LogP contribution < -0.4 is 20.7 Å². The van der Waals surface area contributed by atoms with Gasteiger partial charge in [0.05, 0.1) is 10.3 Å². The second-order valence-electron chi connectivity index (χ2n) is 9.82. The number of hydrogen-bond acceptors (Lipinski definition) is 9. The summed E-state index contributed by atoms with van der Waals surface area (Å²) in [4.78, 5) is 36.9. The van der Waals surface area contributed by atoms with Gasteiger partial charge in [-0.25, -0.2) is 9.97 Å². The fourth-order valence-corrected chi connectivity index (χ4v) is 6.14. The molecule has 0 saturated carbocycles. The SMILES string of the molecule is CC1=C(Nc2nc(-c3cccs3)nc3sc(-c4ccc(OCCNCCC(C)C)cc4)c(C)c23)C(=O)NC1=O. The highest BCUT2D eigenvalue weighted by Crippen LogP contribution is 2.42. The van der Waals surface area contributed by atoms with Gasteiger partial charge in [0.1, 0.15) is 28.7 Å². The maximum Gasteiger partial charge on any atom is 0.275 e. The van der Waals surface area contributed by atoms with Crippen molar-refractivity contribution in [3.05, 3.63) is 58.6 Å². The summed E-state index contributed by atoms with van der Waals surface area (Å²) in [5, 5.41) is 11.7. The Morgan fingerprint density at radius 3 is 2.49 bits per heavy atom. The van der Waals surface area contributed by atoms with E-state index in [0.29, 0.717) is 29.7 Å². The molecular weight excluding hydrogens is 530 g/mol. The summed E-state index contributed by atoms with van der Waals surface area (Å²) in [5.41, 5.74) is 2.60. The lowest BCUT2D eigenvalue weighted by Crippen LogP contribution is -2.24. The van der Waals surface area contributed by atoms with Gasteiger partial charge in [-0.05, 0) is 79.6 Å². The predicted molar refractivity (Wildman–Crippen MR) is 158 cm³/mol. The number of carbonyl (C=O) groups excluding carboxylic acids is 2. The summed E-state index contributed by atoms with van der Waals surface area (Å²) in [5.74, 6) is 1.73. The highest BCUT2D eigenvalue weighted by atomic mass is 32.1. The smallest absolute Gasteiger partial charge is 0.275 e. The monoisotopic (exact) mass is 561 g/mol. The van der Waals surface area contributed by atoms with Gasteiger partial charge in [-0.3, -0.25) is 14.9 Å². The molecule has 3 N–H and O–H groups in total. The Morgan fingerprint density at radius 1 is 1.03 bits per heavy atom. The van der Waals surface area contributed by atoms with E-state index in [2.05, 4.69) is 41.9 Å². The number of anilines is 1. The number of nitrogens with one attached hydrogen (secondary N) is 3. The Labute approximate surface area is 235 Å². The van der Waals surface area contributed by atoms with Crippen LogP contribution in [-0.2, 0) is 9.59 Å². The second kappa shape index (κ2) is 11.6. The molecule has 5 rings (SSSR count). The Balaban J connectivity index is 1.43. The van der Waals surface area contributed by atoms with Crippen molar-refractivity contribution in [2.24, 2.45) is 5.92 Å². The van der Waals surface area contributed by atoms with E-state index in [1.54, 1.807) is 29.6 Å². The molecule has 0 unspecified atom stereocenters. The number of hydrogen-bond donors (Lipinski definition) is 3. The lowest BCUT2D eigenvalue weighted by Gasteiger charge is -2.10. The number of thiophene rings is 2. The average molecular weight is 562 g/mol. The van der Waals surface area contributed by atoms with Crippen molar-refractivity contribution in [1.29, 1.82) is 0 Å². The van der Waals surface area contributed by atoms with Gasteiger partial charge < -0.3 is 15.4 Å². The highest BCUT2D eigenvalue weighted by Gasteiger charge is 2.29. The van der Waals surface area contributed by atoms with Crippen molar-refractivity contribution in [3.8, 4) is 26.9 Å². The molecule has 0 fully saturated rings. The molecule has 39 heavy (non-hydrogen) atoms. The number of imide groups is 1. The highest BCUT2D eigenvalue weighted by molar-refractivity contribution is 7.22. The topological polar surface area (TPSA) is 105 Å². The molecule has 1 aromatic carbocycles. The number of ether oxygens (including phenoxy) is 1. The molecule has 0 radical (unpaired) electrons. The minimum atomic E-state index is -0.458. The summed E-state index contributed by atoms with van der Waals surface area (Å²) in [7, 11) is 0. The van der Waals surface area contributed by atoms with Crippen molar-refractivity contribution < 1.29 is 14.3 Å². The molecule has 1 aliphatic rings. The standard InChI is InChI=1S/C29H31N5O3S2/c1-16(2)11-12-30-13-14-37-20-9-7-19(8-10-20)24-17(3)22-26(31-23-18(4)27(35)34-28(23)36)32-25(33-29(22)39-24)21-6-5-15-38-21/h5-10,15-16,30H,11-14H2,1-4H3,(H2,31,32,33,34,35,36). The van der Waals surface area contributed by atoms with Crippen molar-refractivity contribution in [2.75, 3.05) is 25.0 Å². The first-order chi connectivity index (χ1) is 18.8. The van der Waals surface area contributed by atoms with E-state index >= 15 is 0 Å². The lowest BCUT2D eigenvalue weighted by atomic mass is 10.1. The zero-order chi connectivity index (χ0) is 27.5. The first-order valence-corrected chi connectivity index (χ1v) is 14.6. The number of carbonyl (C=O) groups is 2. The molecule has 202 valence electrons. The second-order valence-corrected chi connectivity index (χ2v) is 11.8. The number of aryl methyl sites for hydroxylation is 1. The van der Waals surface area contributed by atoms with Crippen molar-refractivity contribution in [2.45, 2.75) is 34.1 Å². The first-order valence-electron chi connectivity index (χ1n) is 12.9. The van der Waals surface area contributed by atoms with Crippen LogP contribution in [0.15, 0.2) is 53.0 Å². The van der Waals surface area contributed by atoms with Gasteiger partial charge in [-0.2, -0.15) is 0 Å². The minimum Gasteiger partial charge on any atom is -0.492 e. The maximum absolute atomic E-state index is 12.4. The zero-order valence-corrected chi connectivity index (χ0v) is 24.0. The molecule has 0 aliphatic carbocycles. The van der Waals surface area contributed by atoms with E-state index in [0.717, 1.165) is 56.4 Å². The van der Waals surface area contributed by atoms with Gasteiger partial charge in [0.15, 0.2) is 5.82 Å². The fraction of sp³-hybridized carbons (Fsp3) is 0.310. The molecule has 10 heteroatoms. The van der Waals surface area contributed by atoms with E-state index in [9.17, 15) is 9.59 Å². The molecule has 0 bridgehead atoms. The van der Waals surface area contributed by atoms with E-state index < -0.39 is 11.8 Å². The summed E-state index contributed by atoms with van der Waals surface area (Å²) >= 11 is 3.12. The van der Waals surface area contributed by atoms with Gasteiger partial charge in [0.2, 0.25) is 0 Å². The van der Waals surface area contributed by atoms with Crippen LogP contribution in [0, 0.1) is 12.8 Å². The molecule has 4 heterocycles. The third kappa shape index (κ3) is 5.88. The largest absolute Gasteiger partial charge is 0.492 e. The molecule has 0 saturated heterocycles. The Bertz CT molecular complexity index is 1540. The van der Waals surface area contributed by atoms with Gasteiger partial charge in [0.25, 0.3) is 11.8 Å².